The van der Waals surface area contributed by atoms with Gasteiger partial charge in [0.2, 0.25) is 0 Å². The SMILES string of the molecule is Cc1c(C(=O)O)nc(-c2ccc(Cl)cc2Cl)n1-c1ccc(OS(=O)(=O)CCC(F)(F)F)cc1. The summed E-state index contributed by atoms with van der Waals surface area (Å²) in [6.45, 7) is 1.52. The summed E-state index contributed by atoms with van der Waals surface area (Å²) in [4.78, 5) is 15.8. The summed E-state index contributed by atoms with van der Waals surface area (Å²) >= 11 is 12.2. The number of aromatic carboxylic acids is 1. The highest BCUT2D eigenvalue weighted by atomic mass is 35.5. The van der Waals surface area contributed by atoms with E-state index < -0.39 is 34.4 Å². The smallest absolute Gasteiger partial charge is 0.390 e. The van der Waals surface area contributed by atoms with Crippen molar-refractivity contribution in [1.82, 2.24) is 9.55 Å². The van der Waals surface area contributed by atoms with Crippen LogP contribution >= 0.6 is 23.2 Å². The lowest BCUT2D eigenvalue weighted by molar-refractivity contribution is -0.130. The molecule has 0 aliphatic heterocycles. The first-order valence-electron chi connectivity index (χ1n) is 9.15. The van der Waals surface area contributed by atoms with E-state index in [0.29, 0.717) is 16.3 Å². The van der Waals surface area contributed by atoms with Gasteiger partial charge >= 0.3 is 22.3 Å². The van der Waals surface area contributed by atoms with Gasteiger partial charge in [0.1, 0.15) is 11.6 Å². The Morgan fingerprint density at radius 3 is 2.33 bits per heavy atom. The average Bonchev–Trinajstić information content (AvgIpc) is 3.04. The van der Waals surface area contributed by atoms with E-state index in [4.69, 9.17) is 27.4 Å². The minimum absolute atomic E-state index is 0.193. The Kier molecular flexibility index (Phi) is 6.96. The minimum Gasteiger partial charge on any atom is -0.476 e. The van der Waals surface area contributed by atoms with Crippen LogP contribution in [0.4, 0.5) is 13.2 Å². The van der Waals surface area contributed by atoms with Gasteiger partial charge in [0.15, 0.2) is 5.69 Å². The molecule has 1 aromatic heterocycles. The molecule has 0 atom stereocenters. The molecule has 3 aromatic rings. The predicted octanol–water partition coefficient (Wildman–Crippen LogP) is 5.51. The molecule has 13 heteroatoms. The van der Waals surface area contributed by atoms with Gasteiger partial charge in [0.05, 0.1) is 22.9 Å². The molecule has 0 spiro atoms. The molecule has 0 aliphatic rings. The maximum Gasteiger partial charge on any atom is 0.390 e. The van der Waals surface area contributed by atoms with Crippen molar-refractivity contribution in [2.24, 2.45) is 0 Å². The van der Waals surface area contributed by atoms with Gasteiger partial charge in [-0.2, -0.15) is 21.6 Å². The average molecular weight is 523 g/mol. The Morgan fingerprint density at radius 2 is 1.79 bits per heavy atom. The normalized spacial score (nSPS) is 12.1. The highest BCUT2D eigenvalue weighted by Crippen LogP contribution is 2.33. The number of imidazole rings is 1. The van der Waals surface area contributed by atoms with Crippen molar-refractivity contribution >= 4 is 39.3 Å². The first-order chi connectivity index (χ1) is 15.3. The Morgan fingerprint density at radius 1 is 1.15 bits per heavy atom. The van der Waals surface area contributed by atoms with E-state index in [2.05, 4.69) is 4.98 Å². The van der Waals surface area contributed by atoms with Crippen LogP contribution in [0.15, 0.2) is 42.5 Å². The van der Waals surface area contributed by atoms with Crippen molar-refractivity contribution in [3.05, 3.63) is 63.9 Å². The van der Waals surface area contributed by atoms with E-state index in [1.54, 1.807) is 12.1 Å². The standard InChI is InChI=1S/C20H15Cl2F3N2O5S/c1-11-17(19(28)29)26-18(15-7-2-12(21)10-16(15)22)27(11)13-3-5-14(6-4-13)32-33(30,31)9-8-20(23,24)25/h2-7,10H,8-9H2,1H3,(H,28,29). The van der Waals surface area contributed by atoms with Crippen molar-refractivity contribution in [2.45, 2.75) is 19.5 Å². The monoisotopic (exact) mass is 522 g/mol. The summed E-state index contributed by atoms with van der Waals surface area (Å²) < 4.78 is 66.7. The van der Waals surface area contributed by atoms with Gasteiger partial charge in [-0.3, -0.25) is 4.57 Å². The number of carbonyl (C=O) groups is 1. The third-order valence-corrected chi connectivity index (χ3v) is 6.13. The highest BCUT2D eigenvalue weighted by molar-refractivity contribution is 7.87. The number of nitrogens with zero attached hydrogens (tertiary/aromatic N) is 2. The van der Waals surface area contributed by atoms with Crippen molar-refractivity contribution in [1.29, 1.82) is 0 Å². The lowest BCUT2D eigenvalue weighted by atomic mass is 10.2. The van der Waals surface area contributed by atoms with Gasteiger partial charge < -0.3 is 9.29 Å². The van der Waals surface area contributed by atoms with Gasteiger partial charge in [-0.25, -0.2) is 9.78 Å². The molecule has 176 valence electrons. The van der Waals surface area contributed by atoms with E-state index in [0.717, 1.165) is 0 Å². The van der Waals surface area contributed by atoms with E-state index in [9.17, 15) is 31.5 Å². The van der Waals surface area contributed by atoms with Crippen LogP contribution in [0.3, 0.4) is 0 Å². The predicted molar refractivity (Wildman–Crippen MR) is 116 cm³/mol. The third-order valence-electron chi connectivity index (χ3n) is 4.44. The fraction of sp³-hybridized carbons (Fsp3) is 0.200. The Balaban J connectivity index is 1.99. The van der Waals surface area contributed by atoms with Gasteiger partial charge in [-0.05, 0) is 49.4 Å². The topological polar surface area (TPSA) is 98.5 Å². The van der Waals surface area contributed by atoms with Crippen molar-refractivity contribution < 1.29 is 35.7 Å². The molecule has 1 N–H and O–H groups in total. The Hall–Kier alpha value is -2.76. The van der Waals surface area contributed by atoms with Crippen LogP contribution in [0.5, 0.6) is 5.75 Å². The van der Waals surface area contributed by atoms with Crippen molar-refractivity contribution in [2.75, 3.05) is 5.75 Å². The number of carboxylic acid groups (broad SMARTS) is 1. The second-order valence-corrected chi connectivity index (χ2v) is 9.37. The zero-order chi connectivity index (χ0) is 24.6. The largest absolute Gasteiger partial charge is 0.476 e. The van der Waals surface area contributed by atoms with Crippen molar-refractivity contribution in [3.63, 3.8) is 0 Å². The number of benzene rings is 2. The van der Waals surface area contributed by atoms with E-state index in [-0.39, 0.29) is 28.0 Å². The summed E-state index contributed by atoms with van der Waals surface area (Å²) in [5.41, 5.74) is 0.807. The van der Waals surface area contributed by atoms with Gasteiger partial charge in [-0.15, -0.1) is 0 Å². The maximum absolute atomic E-state index is 12.3. The molecule has 0 saturated carbocycles. The summed E-state index contributed by atoms with van der Waals surface area (Å²) in [6.07, 6.45) is -6.18. The summed E-state index contributed by atoms with van der Waals surface area (Å²) in [5, 5.41) is 10.1. The lowest BCUT2D eigenvalue weighted by Gasteiger charge is -2.13. The first-order valence-corrected chi connectivity index (χ1v) is 11.5. The molecule has 1 heterocycles. The number of hydrogen-bond donors (Lipinski definition) is 1. The van der Waals surface area contributed by atoms with Crippen LogP contribution in [0.1, 0.15) is 22.6 Å². The zero-order valence-electron chi connectivity index (χ0n) is 16.7. The van der Waals surface area contributed by atoms with Crippen LogP contribution in [-0.2, 0) is 10.1 Å². The molecule has 7 nitrogen and oxygen atoms in total. The molecule has 33 heavy (non-hydrogen) atoms. The van der Waals surface area contributed by atoms with Gasteiger partial charge in [-0.1, -0.05) is 23.2 Å². The van der Waals surface area contributed by atoms with Crippen LogP contribution in [0.25, 0.3) is 17.1 Å². The van der Waals surface area contributed by atoms with Crippen LogP contribution < -0.4 is 4.18 Å². The maximum atomic E-state index is 12.3. The summed E-state index contributed by atoms with van der Waals surface area (Å²) in [5.74, 6) is -2.50. The zero-order valence-corrected chi connectivity index (χ0v) is 19.1. The number of hydrogen-bond acceptors (Lipinski definition) is 5. The van der Waals surface area contributed by atoms with Gasteiger partial charge in [0, 0.05) is 16.3 Å². The number of rotatable bonds is 7. The van der Waals surface area contributed by atoms with Crippen LogP contribution in [0.2, 0.25) is 10.0 Å². The Bertz CT molecular complexity index is 1310. The fourth-order valence-corrected chi connectivity index (χ4v) is 4.41. The molecule has 3 rings (SSSR count). The molecule has 0 unspecified atom stereocenters. The highest BCUT2D eigenvalue weighted by Gasteiger charge is 2.30. The molecule has 0 radical (unpaired) electrons. The molecule has 0 bridgehead atoms. The number of carboxylic acids is 1. The molecule has 0 aliphatic carbocycles. The molecule has 0 saturated heterocycles. The lowest BCUT2D eigenvalue weighted by Crippen LogP contribution is -2.20. The summed E-state index contributed by atoms with van der Waals surface area (Å²) in [7, 11) is -4.47. The molecular weight excluding hydrogens is 508 g/mol. The Labute approximate surface area is 196 Å². The van der Waals surface area contributed by atoms with Crippen LogP contribution in [-0.4, -0.2) is 41.0 Å². The fourth-order valence-electron chi connectivity index (χ4n) is 2.95. The second-order valence-electron chi connectivity index (χ2n) is 6.84. The van der Waals surface area contributed by atoms with Crippen LogP contribution in [0, 0.1) is 6.92 Å². The van der Waals surface area contributed by atoms with E-state index in [1.165, 1.54) is 41.8 Å². The first kappa shape index (κ1) is 24.9. The van der Waals surface area contributed by atoms with Crippen molar-refractivity contribution in [3.8, 4) is 22.8 Å². The number of alkyl halides is 3. The second kappa shape index (κ2) is 9.24. The van der Waals surface area contributed by atoms with E-state index >= 15 is 0 Å². The van der Waals surface area contributed by atoms with E-state index in [1.807, 2.05) is 0 Å². The number of halogens is 5. The van der Waals surface area contributed by atoms with Gasteiger partial charge in [0.25, 0.3) is 0 Å². The third kappa shape index (κ3) is 5.98. The quantitative estimate of drug-likeness (QED) is 0.410. The summed E-state index contributed by atoms with van der Waals surface area (Å²) in [6, 6.07) is 9.86. The molecule has 0 amide bonds. The molecule has 2 aromatic carbocycles. The molecule has 0 fully saturated rings. The number of aromatic nitrogens is 2. The minimum atomic E-state index is -4.64. The molecular formula is C20H15Cl2F3N2O5S.